The van der Waals surface area contributed by atoms with Crippen LogP contribution in [0.15, 0.2) is 12.2 Å². The average Bonchev–Trinajstić information content (AvgIpc) is 3.13. The molecule has 4 bridgehead atoms. The summed E-state index contributed by atoms with van der Waals surface area (Å²) in [5.41, 5.74) is 0.382. The van der Waals surface area contributed by atoms with Crippen molar-refractivity contribution in [3.8, 4) is 0 Å². The smallest absolute Gasteiger partial charge is 0.335 e. The molecule has 6 aliphatic rings. The lowest BCUT2D eigenvalue weighted by Crippen LogP contribution is -2.38. The molecule has 6 fully saturated rings. The van der Waals surface area contributed by atoms with E-state index in [4.69, 9.17) is 4.74 Å². The van der Waals surface area contributed by atoms with Crippen molar-refractivity contribution in [3.63, 3.8) is 0 Å². The molecule has 0 aromatic rings. The van der Waals surface area contributed by atoms with Crippen LogP contribution in [-0.2, 0) is 19.0 Å². The summed E-state index contributed by atoms with van der Waals surface area (Å²) in [4.78, 5) is 10.5. The van der Waals surface area contributed by atoms with Crippen LogP contribution in [0.25, 0.3) is 0 Å². The van der Waals surface area contributed by atoms with E-state index in [2.05, 4.69) is 16.1 Å². The molecule has 1 aliphatic heterocycles. The number of hydrogen-bond acceptors (Lipinski definition) is 4. The molecule has 0 amide bonds. The maximum Gasteiger partial charge on any atom is 0.335 e. The summed E-state index contributed by atoms with van der Waals surface area (Å²) in [5.74, 6) is 8.71. The summed E-state index contributed by atoms with van der Waals surface area (Å²) >= 11 is 0. The van der Waals surface area contributed by atoms with Crippen molar-refractivity contribution in [1.29, 1.82) is 0 Å². The first-order valence-electron chi connectivity index (χ1n) is 10.1. The van der Waals surface area contributed by atoms with Crippen LogP contribution in [0.1, 0.15) is 39.0 Å². The molecule has 5 saturated carbocycles. The third-order valence-corrected chi connectivity index (χ3v) is 8.28. The van der Waals surface area contributed by atoms with E-state index in [-0.39, 0.29) is 6.79 Å². The van der Waals surface area contributed by atoms with Crippen LogP contribution in [0.4, 0.5) is 0 Å². The van der Waals surface area contributed by atoms with Crippen LogP contribution >= 0.6 is 0 Å². The number of carbonyl (C=O) groups excluding carboxylic acids is 1. The zero-order valence-electron chi connectivity index (χ0n) is 15.4. The standard InChI is InChI=1S/C15H20O.C6H10O3/c1-2-7-3-6(1)12-8-4-10(13(7)12)14-9(8)5-11-15(14)16-11;1-5(2)6(7)9-4-8-3/h6-15H,1-5H2;1,4H2,2-3H3. The molecule has 0 N–H and O–H groups in total. The molecule has 1 heterocycles. The van der Waals surface area contributed by atoms with Gasteiger partial charge in [0.1, 0.15) is 0 Å². The zero-order chi connectivity index (χ0) is 17.3. The number of rotatable bonds is 3. The summed E-state index contributed by atoms with van der Waals surface area (Å²) in [7, 11) is 1.45. The minimum absolute atomic E-state index is 0.00824. The van der Waals surface area contributed by atoms with E-state index in [1.54, 1.807) is 32.6 Å². The lowest BCUT2D eigenvalue weighted by molar-refractivity contribution is -0.149. The maximum atomic E-state index is 10.5. The normalized spacial score (nSPS) is 52.1. The maximum absolute atomic E-state index is 10.5. The third-order valence-electron chi connectivity index (χ3n) is 8.28. The highest BCUT2D eigenvalue weighted by Gasteiger charge is 2.72. The van der Waals surface area contributed by atoms with Gasteiger partial charge in [0.15, 0.2) is 6.79 Å². The molecule has 1 saturated heterocycles. The Morgan fingerprint density at radius 1 is 1.04 bits per heavy atom. The Labute approximate surface area is 150 Å². The number of carbonyl (C=O) groups is 1. The Kier molecular flexibility index (Phi) is 3.80. The predicted molar refractivity (Wildman–Crippen MR) is 92.4 cm³/mol. The molecule has 4 nitrogen and oxygen atoms in total. The van der Waals surface area contributed by atoms with Gasteiger partial charge in [0.2, 0.25) is 0 Å². The van der Waals surface area contributed by atoms with Crippen LogP contribution in [0.5, 0.6) is 0 Å². The minimum Gasteiger partial charge on any atom is -0.435 e. The van der Waals surface area contributed by atoms with E-state index in [1.165, 1.54) is 31.3 Å². The van der Waals surface area contributed by atoms with Gasteiger partial charge in [-0.15, -0.1) is 0 Å². The zero-order valence-corrected chi connectivity index (χ0v) is 15.4. The monoisotopic (exact) mass is 346 g/mol. The second-order valence-corrected chi connectivity index (χ2v) is 9.29. The second-order valence-electron chi connectivity index (χ2n) is 9.29. The molecule has 10 atom stereocenters. The summed E-state index contributed by atoms with van der Waals surface area (Å²) in [5, 5.41) is 0. The predicted octanol–water partition coefficient (Wildman–Crippen LogP) is 3.41. The fourth-order valence-corrected chi connectivity index (χ4v) is 7.76. The molecule has 0 aromatic carbocycles. The highest BCUT2D eigenvalue weighted by atomic mass is 16.7. The van der Waals surface area contributed by atoms with Crippen molar-refractivity contribution in [2.75, 3.05) is 13.9 Å². The van der Waals surface area contributed by atoms with Crippen molar-refractivity contribution in [3.05, 3.63) is 12.2 Å². The Morgan fingerprint density at radius 2 is 1.72 bits per heavy atom. The first-order chi connectivity index (χ1) is 12.1. The van der Waals surface area contributed by atoms with E-state index < -0.39 is 5.97 Å². The van der Waals surface area contributed by atoms with Gasteiger partial charge in [-0.1, -0.05) is 6.58 Å². The molecule has 0 radical (unpaired) electrons. The van der Waals surface area contributed by atoms with Crippen molar-refractivity contribution < 1.29 is 19.0 Å². The van der Waals surface area contributed by atoms with Crippen LogP contribution in [-0.4, -0.2) is 32.1 Å². The average molecular weight is 346 g/mol. The van der Waals surface area contributed by atoms with Gasteiger partial charge in [-0.05, 0) is 86.4 Å². The van der Waals surface area contributed by atoms with Crippen LogP contribution in [0.3, 0.4) is 0 Å². The largest absolute Gasteiger partial charge is 0.435 e. The number of methoxy groups -OCH3 is 1. The molecular formula is C21H30O4. The van der Waals surface area contributed by atoms with Gasteiger partial charge >= 0.3 is 5.97 Å². The van der Waals surface area contributed by atoms with Gasteiger partial charge in [-0.2, -0.15) is 0 Å². The van der Waals surface area contributed by atoms with E-state index in [0.29, 0.717) is 5.57 Å². The van der Waals surface area contributed by atoms with Gasteiger partial charge in [-0.25, -0.2) is 4.79 Å². The summed E-state index contributed by atoms with van der Waals surface area (Å²) in [6.45, 7) is 4.95. The SMILES string of the molecule is C1CC2CC1C1C3CC(C4C3CC3OC34)C21.C=C(C)C(=O)OCOC. The van der Waals surface area contributed by atoms with Crippen LogP contribution in [0.2, 0.25) is 0 Å². The molecule has 25 heavy (non-hydrogen) atoms. The first-order valence-corrected chi connectivity index (χ1v) is 10.1. The van der Waals surface area contributed by atoms with Gasteiger partial charge in [0.05, 0.1) is 12.2 Å². The molecular weight excluding hydrogens is 316 g/mol. The number of ether oxygens (including phenoxy) is 3. The Hall–Kier alpha value is -0.870. The first kappa shape index (κ1) is 16.3. The quantitative estimate of drug-likeness (QED) is 0.258. The fraction of sp³-hybridized carbons (Fsp3) is 0.857. The molecule has 6 rings (SSSR count). The van der Waals surface area contributed by atoms with Crippen LogP contribution in [0, 0.1) is 47.3 Å². The Bertz CT molecular complexity index is 586. The van der Waals surface area contributed by atoms with E-state index in [1.807, 2.05) is 0 Å². The highest BCUT2D eigenvalue weighted by molar-refractivity contribution is 5.86. The topological polar surface area (TPSA) is 48.1 Å². The summed E-state index contributed by atoms with van der Waals surface area (Å²) in [6.07, 6.45) is 9.35. The summed E-state index contributed by atoms with van der Waals surface area (Å²) < 4.78 is 14.8. The molecule has 5 aliphatic carbocycles. The molecule has 0 aromatic heterocycles. The van der Waals surface area contributed by atoms with E-state index in [0.717, 1.165) is 41.8 Å². The second kappa shape index (κ2) is 5.82. The number of esters is 1. The van der Waals surface area contributed by atoms with Gasteiger partial charge < -0.3 is 14.2 Å². The Balaban J connectivity index is 0.000000137. The highest BCUT2D eigenvalue weighted by Crippen LogP contribution is 2.74. The van der Waals surface area contributed by atoms with Gasteiger partial charge in [-0.3, -0.25) is 0 Å². The minimum atomic E-state index is -0.420. The molecule has 4 heteroatoms. The van der Waals surface area contributed by atoms with E-state index in [9.17, 15) is 4.79 Å². The molecule has 10 unspecified atom stereocenters. The van der Waals surface area contributed by atoms with Crippen LogP contribution < -0.4 is 0 Å². The van der Waals surface area contributed by atoms with Crippen molar-refractivity contribution in [2.24, 2.45) is 47.3 Å². The molecule has 0 spiro atoms. The fourth-order valence-electron chi connectivity index (χ4n) is 7.76. The molecule has 138 valence electrons. The van der Waals surface area contributed by atoms with Gasteiger partial charge in [0.25, 0.3) is 0 Å². The van der Waals surface area contributed by atoms with Crippen molar-refractivity contribution >= 4 is 5.97 Å². The van der Waals surface area contributed by atoms with Gasteiger partial charge in [0, 0.05) is 12.7 Å². The Morgan fingerprint density at radius 3 is 2.40 bits per heavy atom. The summed E-state index contributed by atoms with van der Waals surface area (Å²) in [6, 6.07) is 0. The third kappa shape index (κ3) is 2.36. The number of fused-ring (bicyclic) bond motifs is 14. The lowest BCUT2D eigenvalue weighted by atomic mass is 9.64. The lowest BCUT2D eigenvalue weighted by Gasteiger charge is -2.41. The number of hydrogen-bond donors (Lipinski definition) is 0. The van der Waals surface area contributed by atoms with Crippen molar-refractivity contribution in [2.45, 2.75) is 51.2 Å². The number of epoxide rings is 1. The van der Waals surface area contributed by atoms with Crippen molar-refractivity contribution in [1.82, 2.24) is 0 Å². The van der Waals surface area contributed by atoms with E-state index >= 15 is 0 Å².